The van der Waals surface area contributed by atoms with Gasteiger partial charge < -0.3 is 19.0 Å². The molecule has 3 heterocycles. The second kappa shape index (κ2) is 9.06. The second-order valence-corrected chi connectivity index (χ2v) is 8.48. The minimum absolute atomic E-state index is 0.322. The molecule has 0 aliphatic rings. The van der Waals surface area contributed by atoms with Crippen molar-refractivity contribution >= 4 is 22.4 Å². The Morgan fingerprint density at radius 2 is 1.54 bits per heavy atom. The van der Waals surface area contributed by atoms with E-state index in [1.165, 1.54) is 35.6 Å². The van der Waals surface area contributed by atoms with Gasteiger partial charge in [0.05, 0.1) is 16.5 Å². The van der Waals surface area contributed by atoms with Gasteiger partial charge in [0.2, 0.25) is 5.82 Å². The average Bonchev–Trinajstić information content (AvgIpc) is 3.65. The number of nitrogens with zero attached hydrogens (tertiary/aromatic N) is 4. The van der Waals surface area contributed by atoms with Crippen LogP contribution < -0.4 is 9.47 Å². The van der Waals surface area contributed by atoms with Gasteiger partial charge in [0.1, 0.15) is 22.9 Å². The van der Waals surface area contributed by atoms with Crippen LogP contribution in [0.2, 0.25) is 0 Å². The van der Waals surface area contributed by atoms with Crippen molar-refractivity contribution in [2.45, 2.75) is 6.36 Å². The summed E-state index contributed by atoms with van der Waals surface area (Å²) in [6, 6.07) is 17.6. The fourth-order valence-electron chi connectivity index (χ4n) is 3.57. The number of fused-ring (bicyclic) bond motifs is 1. The third kappa shape index (κ3) is 5.00. The second-order valence-electron chi connectivity index (χ2n) is 7.76. The molecule has 37 heavy (non-hydrogen) atoms. The molecule has 0 unspecified atom stereocenters. The summed E-state index contributed by atoms with van der Waals surface area (Å²) in [7, 11) is 0. The van der Waals surface area contributed by atoms with E-state index < -0.39 is 6.36 Å². The largest absolute Gasteiger partial charge is 0.573 e. The number of ether oxygens (including phenoxy) is 2. The standard InChI is InChI=1S/C25H14F3N5O3S/c26-25(27,28)35-18-8-6-17(7-9-18)34-16-4-1-14(2-5-16)24-32-22(33-36-24)15-3-10-19-20(11-15)31-23(30-19)21-12-37-13-29-21/h1-13H,(H,30,31). The van der Waals surface area contributed by atoms with E-state index in [2.05, 4.69) is 29.8 Å². The molecule has 0 radical (unpaired) electrons. The van der Waals surface area contributed by atoms with Crippen LogP contribution in [-0.4, -0.2) is 31.5 Å². The van der Waals surface area contributed by atoms with Crippen molar-refractivity contribution in [2.75, 3.05) is 0 Å². The highest BCUT2D eigenvalue weighted by atomic mass is 32.1. The number of halogens is 3. The first kappa shape index (κ1) is 22.7. The number of thiazole rings is 1. The molecule has 0 aliphatic carbocycles. The zero-order valence-corrected chi connectivity index (χ0v) is 19.4. The van der Waals surface area contributed by atoms with Crippen LogP contribution in [0.1, 0.15) is 0 Å². The molecule has 8 nitrogen and oxygen atoms in total. The van der Waals surface area contributed by atoms with E-state index in [1.807, 2.05) is 23.6 Å². The van der Waals surface area contributed by atoms with E-state index in [-0.39, 0.29) is 5.75 Å². The molecule has 184 valence electrons. The first-order valence-corrected chi connectivity index (χ1v) is 11.7. The summed E-state index contributed by atoms with van der Waals surface area (Å²) >= 11 is 1.50. The molecular weight excluding hydrogens is 507 g/mol. The van der Waals surface area contributed by atoms with Crippen LogP contribution in [0.15, 0.2) is 82.1 Å². The average molecular weight is 521 g/mol. The Balaban J connectivity index is 1.16. The SMILES string of the molecule is FC(F)(F)Oc1ccc(Oc2ccc(-c3nc(-c4ccc5nc(-c6cscn6)[nH]c5c4)no3)cc2)cc1. The molecule has 0 atom stereocenters. The smallest absolute Gasteiger partial charge is 0.457 e. The van der Waals surface area contributed by atoms with Gasteiger partial charge in [-0.1, -0.05) is 5.16 Å². The predicted octanol–water partition coefficient (Wildman–Crippen LogP) is 7.09. The summed E-state index contributed by atoms with van der Waals surface area (Å²) in [6.45, 7) is 0. The monoisotopic (exact) mass is 521 g/mol. The molecule has 3 aromatic heterocycles. The Bertz CT molecular complexity index is 1660. The molecule has 6 rings (SSSR count). The molecule has 0 fully saturated rings. The predicted molar refractivity (Wildman–Crippen MR) is 129 cm³/mol. The third-order valence-corrected chi connectivity index (χ3v) is 5.82. The Kier molecular flexibility index (Phi) is 5.57. The highest BCUT2D eigenvalue weighted by molar-refractivity contribution is 7.07. The van der Waals surface area contributed by atoms with E-state index >= 15 is 0 Å². The van der Waals surface area contributed by atoms with Gasteiger partial charge in [0.15, 0.2) is 5.82 Å². The third-order valence-electron chi connectivity index (χ3n) is 5.24. The zero-order valence-electron chi connectivity index (χ0n) is 18.6. The minimum Gasteiger partial charge on any atom is -0.457 e. The van der Waals surface area contributed by atoms with Crippen molar-refractivity contribution < 1.29 is 27.2 Å². The number of imidazole rings is 1. The van der Waals surface area contributed by atoms with Gasteiger partial charge >= 0.3 is 6.36 Å². The number of hydrogen-bond acceptors (Lipinski definition) is 8. The molecule has 0 bridgehead atoms. The number of rotatable bonds is 6. The van der Waals surface area contributed by atoms with Crippen molar-refractivity contribution in [1.29, 1.82) is 0 Å². The number of benzene rings is 3. The summed E-state index contributed by atoms with van der Waals surface area (Å²) in [5.41, 5.74) is 5.59. The van der Waals surface area contributed by atoms with Crippen LogP contribution in [0.4, 0.5) is 13.2 Å². The van der Waals surface area contributed by atoms with Gasteiger partial charge in [0.25, 0.3) is 5.89 Å². The van der Waals surface area contributed by atoms with Crippen molar-refractivity contribution in [3.63, 3.8) is 0 Å². The Labute approximate surface area is 210 Å². The summed E-state index contributed by atoms with van der Waals surface area (Å²) in [4.78, 5) is 16.6. The Morgan fingerprint density at radius 1 is 0.838 bits per heavy atom. The molecule has 3 aromatic carbocycles. The Morgan fingerprint density at radius 3 is 2.24 bits per heavy atom. The van der Waals surface area contributed by atoms with Crippen LogP contribution >= 0.6 is 11.3 Å². The highest BCUT2D eigenvalue weighted by Crippen LogP contribution is 2.30. The maximum absolute atomic E-state index is 12.3. The summed E-state index contributed by atoms with van der Waals surface area (Å²) in [6.07, 6.45) is -4.75. The van der Waals surface area contributed by atoms with Gasteiger partial charge in [-0.05, 0) is 66.7 Å². The van der Waals surface area contributed by atoms with Crippen molar-refractivity contribution in [2.24, 2.45) is 0 Å². The lowest BCUT2D eigenvalue weighted by atomic mass is 10.2. The van der Waals surface area contributed by atoms with E-state index in [0.29, 0.717) is 34.6 Å². The number of nitrogens with one attached hydrogen (secondary N) is 1. The van der Waals surface area contributed by atoms with Crippen molar-refractivity contribution in [3.8, 4) is 51.6 Å². The summed E-state index contributed by atoms with van der Waals surface area (Å²) in [5, 5.41) is 6.02. The highest BCUT2D eigenvalue weighted by Gasteiger charge is 2.31. The van der Waals surface area contributed by atoms with Gasteiger partial charge in [-0.15, -0.1) is 24.5 Å². The maximum atomic E-state index is 12.3. The molecule has 0 aliphatic heterocycles. The molecule has 1 N–H and O–H groups in total. The fourth-order valence-corrected chi connectivity index (χ4v) is 4.11. The normalized spacial score (nSPS) is 11.6. The quantitative estimate of drug-likeness (QED) is 0.250. The van der Waals surface area contributed by atoms with Gasteiger partial charge in [-0.25, -0.2) is 9.97 Å². The fraction of sp³-hybridized carbons (Fsp3) is 0.0400. The first-order valence-electron chi connectivity index (χ1n) is 10.8. The molecule has 6 aromatic rings. The molecule has 0 saturated heterocycles. The van der Waals surface area contributed by atoms with Crippen LogP contribution in [0.3, 0.4) is 0 Å². The molecule has 12 heteroatoms. The number of aromatic nitrogens is 5. The number of hydrogen-bond donors (Lipinski definition) is 1. The van der Waals surface area contributed by atoms with E-state index in [0.717, 1.165) is 22.3 Å². The lowest BCUT2D eigenvalue weighted by molar-refractivity contribution is -0.274. The summed E-state index contributed by atoms with van der Waals surface area (Å²) < 4.78 is 51.9. The van der Waals surface area contributed by atoms with Gasteiger partial charge in [-0.2, -0.15) is 4.98 Å². The molecule has 0 saturated carbocycles. The van der Waals surface area contributed by atoms with Gasteiger partial charge in [0, 0.05) is 16.5 Å². The minimum atomic E-state index is -4.75. The van der Waals surface area contributed by atoms with E-state index in [9.17, 15) is 13.2 Å². The lowest BCUT2D eigenvalue weighted by Gasteiger charge is -2.10. The molecule has 0 spiro atoms. The first-order chi connectivity index (χ1) is 17.9. The topological polar surface area (TPSA) is 99.0 Å². The van der Waals surface area contributed by atoms with Crippen LogP contribution in [0.5, 0.6) is 17.2 Å². The number of alkyl halides is 3. The molecule has 0 amide bonds. The summed E-state index contributed by atoms with van der Waals surface area (Å²) in [5.74, 6) is 1.94. The number of H-pyrrole nitrogens is 1. The van der Waals surface area contributed by atoms with E-state index in [4.69, 9.17) is 9.26 Å². The van der Waals surface area contributed by atoms with Crippen LogP contribution in [-0.2, 0) is 0 Å². The maximum Gasteiger partial charge on any atom is 0.573 e. The Hall–Kier alpha value is -4.71. The van der Waals surface area contributed by atoms with E-state index in [1.54, 1.807) is 29.8 Å². The number of aromatic amines is 1. The lowest BCUT2D eigenvalue weighted by Crippen LogP contribution is -2.16. The van der Waals surface area contributed by atoms with Crippen LogP contribution in [0, 0.1) is 0 Å². The van der Waals surface area contributed by atoms with Crippen LogP contribution in [0.25, 0.3) is 45.4 Å². The molecular formula is C25H14F3N5O3S. The van der Waals surface area contributed by atoms with Crippen molar-refractivity contribution in [3.05, 3.63) is 77.6 Å². The van der Waals surface area contributed by atoms with Crippen molar-refractivity contribution in [1.82, 2.24) is 25.1 Å². The zero-order chi connectivity index (χ0) is 25.4. The van der Waals surface area contributed by atoms with Gasteiger partial charge in [-0.3, -0.25) is 0 Å².